The van der Waals surface area contributed by atoms with Crippen LogP contribution in [0.3, 0.4) is 0 Å². The molecule has 0 aliphatic heterocycles. The quantitative estimate of drug-likeness (QED) is 0.532. The molecule has 4 rings (SSSR count). The van der Waals surface area contributed by atoms with Gasteiger partial charge in [-0.05, 0) is 38.6 Å². The van der Waals surface area contributed by atoms with Crippen molar-refractivity contribution in [3.8, 4) is 5.69 Å². The molecular formula is C23H25N5O. The Labute approximate surface area is 169 Å². The molecule has 29 heavy (non-hydrogen) atoms. The Hall–Kier alpha value is -3.41. The fourth-order valence-electron chi connectivity index (χ4n) is 3.83. The number of rotatable bonds is 5. The van der Waals surface area contributed by atoms with Gasteiger partial charge in [0.25, 0.3) is 5.91 Å². The van der Waals surface area contributed by atoms with Gasteiger partial charge < -0.3 is 5.32 Å². The second-order valence-corrected chi connectivity index (χ2v) is 7.32. The third-order valence-electron chi connectivity index (χ3n) is 5.54. The predicted octanol–water partition coefficient (Wildman–Crippen LogP) is 4.42. The minimum atomic E-state index is -0.188. The van der Waals surface area contributed by atoms with E-state index >= 15 is 0 Å². The summed E-state index contributed by atoms with van der Waals surface area (Å²) in [4.78, 5) is 12.7. The van der Waals surface area contributed by atoms with Gasteiger partial charge in [-0.1, -0.05) is 43.3 Å². The average Bonchev–Trinajstić information content (AvgIpc) is 3.29. The molecule has 0 spiro atoms. The zero-order chi connectivity index (χ0) is 20.5. The summed E-state index contributed by atoms with van der Waals surface area (Å²) in [6.45, 7) is 7.96. The lowest BCUT2D eigenvalue weighted by molar-refractivity contribution is 0.0934. The molecule has 1 atom stereocenters. The Morgan fingerprint density at radius 2 is 1.93 bits per heavy atom. The number of fused-ring (bicyclic) bond motifs is 1. The number of carbonyl (C=O) groups excluding carboxylic acids is 1. The SMILES string of the molecule is CCc1[nH]nc(C(=O)N[C@@H](C)c2cnn(-c3cccc4ccccc34)c2C)c1C. The second-order valence-electron chi connectivity index (χ2n) is 7.32. The van der Waals surface area contributed by atoms with Crippen molar-refractivity contribution in [3.05, 3.63) is 76.9 Å². The van der Waals surface area contributed by atoms with Crippen molar-refractivity contribution in [1.29, 1.82) is 0 Å². The molecule has 6 heteroatoms. The van der Waals surface area contributed by atoms with E-state index in [1.807, 2.05) is 56.8 Å². The summed E-state index contributed by atoms with van der Waals surface area (Å²) in [6.07, 6.45) is 2.65. The Bertz CT molecular complexity index is 1180. The molecule has 0 aliphatic rings. The number of hydrogen-bond donors (Lipinski definition) is 2. The number of nitrogens with zero attached hydrogens (tertiary/aromatic N) is 3. The number of aromatic amines is 1. The molecule has 6 nitrogen and oxygen atoms in total. The van der Waals surface area contributed by atoms with Crippen LogP contribution in [0, 0.1) is 13.8 Å². The van der Waals surface area contributed by atoms with Crippen molar-refractivity contribution in [1.82, 2.24) is 25.3 Å². The van der Waals surface area contributed by atoms with Gasteiger partial charge in [-0.25, -0.2) is 4.68 Å². The molecule has 4 aromatic rings. The van der Waals surface area contributed by atoms with Crippen LogP contribution in [-0.4, -0.2) is 25.9 Å². The van der Waals surface area contributed by atoms with Crippen LogP contribution < -0.4 is 5.32 Å². The maximum Gasteiger partial charge on any atom is 0.272 e. The lowest BCUT2D eigenvalue weighted by atomic mass is 10.1. The van der Waals surface area contributed by atoms with Gasteiger partial charge in [-0.2, -0.15) is 10.2 Å². The van der Waals surface area contributed by atoms with Crippen molar-refractivity contribution in [2.24, 2.45) is 0 Å². The van der Waals surface area contributed by atoms with E-state index in [1.165, 1.54) is 5.39 Å². The zero-order valence-electron chi connectivity index (χ0n) is 17.2. The molecule has 2 aromatic carbocycles. The van der Waals surface area contributed by atoms with E-state index in [2.05, 4.69) is 44.9 Å². The summed E-state index contributed by atoms with van der Waals surface area (Å²) >= 11 is 0. The molecule has 0 bridgehead atoms. The maximum absolute atomic E-state index is 12.7. The molecular weight excluding hydrogens is 362 g/mol. The first-order valence-corrected chi connectivity index (χ1v) is 9.88. The van der Waals surface area contributed by atoms with Crippen LogP contribution in [0.15, 0.2) is 48.7 Å². The minimum Gasteiger partial charge on any atom is -0.344 e. The topological polar surface area (TPSA) is 75.6 Å². The van der Waals surface area contributed by atoms with Gasteiger partial charge in [0.1, 0.15) is 0 Å². The highest BCUT2D eigenvalue weighted by molar-refractivity contribution is 5.94. The van der Waals surface area contributed by atoms with Gasteiger partial charge in [0.05, 0.1) is 17.9 Å². The summed E-state index contributed by atoms with van der Waals surface area (Å²) in [5.74, 6) is -0.178. The van der Waals surface area contributed by atoms with Gasteiger partial charge >= 0.3 is 0 Å². The molecule has 0 saturated carbocycles. The highest BCUT2D eigenvalue weighted by atomic mass is 16.2. The summed E-state index contributed by atoms with van der Waals surface area (Å²) in [5, 5.41) is 17.1. The molecule has 1 amide bonds. The van der Waals surface area contributed by atoms with E-state index in [0.717, 1.165) is 40.0 Å². The number of benzene rings is 2. The van der Waals surface area contributed by atoms with Crippen LogP contribution in [0.5, 0.6) is 0 Å². The Balaban J connectivity index is 1.62. The Morgan fingerprint density at radius 1 is 1.17 bits per heavy atom. The fourth-order valence-corrected chi connectivity index (χ4v) is 3.83. The monoisotopic (exact) mass is 387 g/mol. The maximum atomic E-state index is 12.7. The summed E-state index contributed by atoms with van der Waals surface area (Å²) in [7, 11) is 0. The number of carbonyl (C=O) groups is 1. The highest BCUT2D eigenvalue weighted by Crippen LogP contribution is 2.26. The molecule has 0 radical (unpaired) electrons. The minimum absolute atomic E-state index is 0.178. The molecule has 2 N–H and O–H groups in total. The van der Waals surface area contributed by atoms with E-state index in [1.54, 1.807) is 0 Å². The summed E-state index contributed by atoms with van der Waals surface area (Å²) in [5.41, 5.74) is 5.36. The molecule has 2 heterocycles. The first-order chi connectivity index (χ1) is 14.0. The normalized spacial score (nSPS) is 12.3. The van der Waals surface area contributed by atoms with E-state index in [4.69, 9.17) is 0 Å². The number of hydrogen-bond acceptors (Lipinski definition) is 3. The predicted molar refractivity (Wildman–Crippen MR) is 114 cm³/mol. The number of H-pyrrole nitrogens is 1. The van der Waals surface area contributed by atoms with E-state index in [-0.39, 0.29) is 11.9 Å². The average molecular weight is 387 g/mol. The first kappa shape index (κ1) is 18.9. The Morgan fingerprint density at radius 3 is 2.69 bits per heavy atom. The zero-order valence-corrected chi connectivity index (χ0v) is 17.2. The smallest absolute Gasteiger partial charge is 0.272 e. The lowest BCUT2D eigenvalue weighted by Gasteiger charge is -2.14. The lowest BCUT2D eigenvalue weighted by Crippen LogP contribution is -2.27. The van der Waals surface area contributed by atoms with E-state index in [0.29, 0.717) is 5.69 Å². The van der Waals surface area contributed by atoms with Crippen molar-refractivity contribution in [2.45, 2.75) is 40.2 Å². The third kappa shape index (κ3) is 3.31. The third-order valence-corrected chi connectivity index (χ3v) is 5.54. The van der Waals surface area contributed by atoms with Gasteiger partial charge in [0.2, 0.25) is 0 Å². The number of aromatic nitrogens is 4. The second kappa shape index (κ2) is 7.54. The number of amides is 1. The van der Waals surface area contributed by atoms with Crippen LogP contribution in [0.1, 0.15) is 52.9 Å². The Kier molecular flexibility index (Phi) is 4.92. The van der Waals surface area contributed by atoms with E-state index in [9.17, 15) is 4.79 Å². The molecule has 0 unspecified atom stereocenters. The van der Waals surface area contributed by atoms with Crippen LogP contribution >= 0.6 is 0 Å². The highest BCUT2D eigenvalue weighted by Gasteiger charge is 2.21. The largest absolute Gasteiger partial charge is 0.344 e. The summed E-state index contributed by atoms with van der Waals surface area (Å²) < 4.78 is 1.94. The van der Waals surface area contributed by atoms with Crippen LogP contribution in [0.4, 0.5) is 0 Å². The van der Waals surface area contributed by atoms with Crippen molar-refractivity contribution in [3.63, 3.8) is 0 Å². The van der Waals surface area contributed by atoms with Gasteiger partial charge in [0.15, 0.2) is 5.69 Å². The molecule has 148 valence electrons. The van der Waals surface area contributed by atoms with Crippen molar-refractivity contribution in [2.75, 3.05) is 0 Å². The fraction of sp³-hybridized carbons (Fsp3) is 0.261. The molecule has 0 aliphatic carbocycles. The van der Waals surface area contributed by atoms with Crippen LogP contribution in [-0.2, 0) is 6.42 Å². The molecule has 0 fully saturated rings. The van der Waals surface area contributed by atoms with Crippen molar-refractivity contribution >= 4 is 16.7 Å². The van der Waals surface area contributed by atoms with Gasteiger partial charge in [-0.3, -0.25) is 9.89 Å². The van der Waals surface area contributed by atoms with Gasteiger partial charge in [-0.15, -0.1) is 0 Å². The molecule has 2 aromatic heterocycles. The van der Waals surface area contributed by atoms with E-state index < -0.39 is 0 Å². The van der Waals surface area contributed by atoms with Gasteiger partial charge in [0, 0.05) is 27.9 Å². The summed E-state index contributed by atoms with van der Waals surface area (Å²) in [6, 6.07) is 14.3. The standard InChI is InChI=1S/C23H25N5O/c1-5-20-14(2)22(27-26-20)23(29)25-15(3)19-13-24-28(16(19)4)21-12-8-10-17-9-6-7-11-18(17)21/h6-13,15H,5H2,1-4H3,(H,25,29)(H,26,27)/t15-/m0/s1. The number of aryl methyl sites for hydroxylation is 1. The van der Waals surface area contributed by atoms with Crippen LogP contribution in [0.25, 0.3) is 16.5 Å². The van der Waals surface area contributed by atoms with Crippen molar-refractivity contribution < 1.29 is 4.79 Å². The molecule has 0 saturated heterocycles. The number of nitrogens with one attached hydrogen (secondary N) is 2. The van der Waals surface area contributed by atoms with Crippen LogP contribution in [0.2, 0.25) is 0 Å². The first-order valence-electron chi connectivity index (χ1n) is 9.88.